The fraction of sp³-hybridized carbons (Fsp3) is 0.389. The van der Waals surface area contributed by atoms with Gasteiger partial charge in [-0.1, -0.05) is 12.8 Å². The maximum Gasteiger partial charge on any atom is 0.341 e. The van der Waals surface area contributed by atoms with Gasteiger partial charge in [-0.05, 0) is 24.8 Å². The zero-order chi connectivity index (χ0) is 18.8. The molecule has 146 valence electrons. The molecule has 0 aromatic carbocycles. The first kappa shape index (κ1) is 19.8. The van der Waals surface area contributed by atoms with Crippen LogP contribution in [0.15, 0.2) is 31.0 Å². The highest BCUT2D eigenvalue weighted by Crippen LogP contribution is 2.36. The van der Waals surface area contributed by atoms with Crippen LogP contribution in [0, 0.1) is 17.2 Å². The van der Waals surface area contributed by atoms with Crippen LogP contribution in [0.2, 0.25) is 0 Å². The summed E-state index contributed by atoms with van der Waals surface area (Å²) in [5.74, 6) is 5.71. The van der Waals surface area contributed by atoms with Crippen LogP contribution in [0.4, 0.5) is 4.79 Å². The van der Waals surface area contributed by atoms with E-state index >= 15 is 0 Å². The number of nitrogen functional groups attached to an aromatic ring is 1. The number of rotatable bonds is 4. The number of carbonyl (C=O) groups excluding carboxylic acids is 1. The number of nitrogens with one attached hydrogen (secondary N) is 1. The van der Waals surface area contributed by atoms with Crippen molar-refractivity contribution in [2.75, 3.05) is 0 Å². The average Bonchev–Trinajstić information content (AvgIpc) is 3.45. The molecule has 0 bridgehead atoms. The molecule has 1 atom stereocenters. The summed E-state index contributed by atoms with van der Waals surface area (Å²) >= 11 is 0. The van der Waals surface area contributed by atoms with E-state index in [0.717, 1.165) is 23.8 Å². The fourth-order valence-electron chi connectivity index (χ4n) is 3.97. The van der Waals surface area contributed by atoms with E-state index in [4.69, 9.17) is 5.84 Å². The van der Waals surface area contributed by atoms with Gasteiger partial charge in [0.25, 0.3) is 0 Å². The van der Waals surface area contributed by atoms with Gasteiger partial charge in [-0.25, -0.2) is 20.6 Å². The second-order valence-corrected chi connectivity index (χ2v) is 6.78. The van der Waals surface area contributed by atoms with Crippen LogP contribution < -0.4 is 11.3 Å². The van der Waals surface area contributed by atoms with Crippen molar-refractivity contribution in [2.24, 2.45) is 11.8 Å². The van der Waals surface area contributed by atoms with Crippen LogP contribution in [0.3, 0.4) is 0 Å². The average molecular weight is 401 g/mol. The summed E-state index contributed by atoms with van der Waals surface area (Å²) in [5, 5.41) is 14.5. The van der Waals surface area contributed by atoms with Crippen LogP contribution in [0.5, 0.6) is 0 Å². The Labute approximate surface area is 167 Å². The lowest BCUT2D eigenvalue weighted by Crippen LogP contribution is -2.33. The van der Waals surface area contributed by atoms with Gasteiger partial charge in [0, 0.05) is 23.3 Å². The molecule has 1 unspecified atom stereocenters. The summed E-state index contributed by atoms with van der Waals surface area (Å²) in [6.07, 6.45) is 11.8. The molecule has 3 aromatic rings. The summed E-state index contributed by atoms with van der Waals surface area (Å²) in [6, 6.07) is 3.68. The predicted octanol–water partition coefficient (Wildman–Crippen LogP) is 2.79. The molecule has 0 spiro atoms. The normalized spacial score (nSPS) is 15.1. The SMILES string of the molecule is Cl.N#CCC(C1CCCC1)n1cc(-c2ncnc3c2ccn3C(=O)NN)cn1. The minimum absolute atomic E-state index is 0. The molecule has 3 heterocycles. The number of nitrogens with zero attached hydrogens (tertiary/aromatic N) is 6. The molecule has 4 rings (SSSR count). The smallest absolute Gasteiger partial charge is 0.275 e. The third-order valence-electron chi connectivity index (χ3n) is 5.28. The number of carbonyl (C=O) groups is 1. The number of aromatic nitrogens is 5. The van der Waals surface area contributed by atoms with Crippen molar-refractivity contribution in [1.29, 1.82) is 5.26 Å². The van der Waals surface area contributed by atoms with E-state index in [1.165, 1.54) is 23.7 Å². The van der Waals surface area contributed by atoms with Gasteiger partial charge in [0.15, 0.2) is 5.65 Å². The Balaban J connectivity index is 0.00000225. The van der Waals surface area contributed by atoms with Gasteiger partial charge in [0.2, 0.25) is 0 Å². The highest BCUT2D eigenvalue weighted by atomic mass is 35.5. The van der Waals surface area contributed by atoms with Crippen LogP contribution in [-0.4, -0.2) is 30.3 Å². The number of halogens is 1. The standard InChI is InChI=1S/C18H20N8O.ClH/c19-7-5-15(12-3-1-2-4-12)26-10-13(9-23-26)16-14-6-8-25(18(27)24-20)17(14)22-11-21-16;/h6,8-12,15H,1-5,20H2,(H,24,27);1H. The number of hydrazine groups is 1. The summed E-state index contributed by atoms with van der Waals surface area (Å²) in [7, 11) is 0. The Morgan fingerprint density at radius 2 is 2.18 bits per heavy atom. The summed E-state index contributed by atoms with van der Waals surface area (Å²) < 4.78 is 3.23. The van der Waals surface area contributed by atoms with Crippen LogP contribution in [-0.2, 0) is 0 Å². The Bertz CT molecular complexity index is 1010. The maximum atomic E-state index is 11.9. The second kappa shape index (κ2) is 8.37. The lowest BCUT2D eigenvalue weighted by atomic mass is 9.96. The topological polar surface area (TPSA) is 127 Å². The van der Waals surface area contributed by atoms with Crippen molar-refractivity contribution in [1.82, 2.24) is 29.7 Å². The number of nitriles is 1. The van der Waals surface area contributed by atoms with Crippen molar-refractivity contribution < 1.29 is 4.79 Å². The van der Waals surface area contributed by atoms with E-state index in [1.54, 1.807) is 18.5 Å². The predicted molar refractivity (Wildman–Crippen MR) is 105 cm³/mol. The van der Waals surface area contributed by atoms with Gasteiger partial charge in [-0.15, -0.1) is 12.4 Å². The highest BCUT2D eigenvalue weighted by Gasteiger charge is 2.27. The molecule has 1 aliphatic carbocycles. The van der Waals surface area contributed by atoms with Gasteiger partial charge in [-0.2, -0.15) is 10.4 Å². The number of amides is 1. The molecule has 3 aromatic heterocycles. The van der Waals surface area contributed by atoms with E-state index in [-0.39, 0.29) is 18.4 Å². The fourth-order valence-corrected chi connectivity index (χ4v) is 3.97. The Kier molecular flexibility index (Phi) is 5.92. The first-order chi connectivity index (χ1) is 13.2. The maximum absolute atomic E-state index is 11.9. The summed E-state index contributed by atoms with van der Waals surface area (Å²) in [5.41, 5.74) is 4.09. The molecule has 10 heteroatoms. The summed E-state index contributed by atoms with van der Waals surface area (Å²) in [4.78, 5) is 20.4. The van der Waals surface area contributed by atoms with Crippen LogP contribution in [0.1, 0.15) is 38.1 Å². The lowest BCUT2D eigenvalue weighted by Gasteiger charge is -2.21. The van der Waals surface area contributed by atoms with Gasteiger partial charge < -0.3 is 0 Å². The van der Waals surface area contributed by atoms with Crippen LogP contribution >= 0.6 is 12.4 Å². The first-order valence-corrected chi connectivity index (χ1v) is 8.97. The third kappa shape index (κ3) is 3.44. The third-order valence-corrected chi connectivity index (χ3v) is 5.28. The molecule has 9 nitrogen and oxygen atoms in total. The zero-order valence-electron chi connectivity index (χ0n) is 15.2. The van der Waals surface area contributed by atoms with Crippen molar-refractivity contribution >= 4 is 29.5 Å². The first-order valence-electron chi connectivity index (χ1n) is 8.97. The Morgan fingerprint density at radius 3 is 2.89 bits per heavy atom. The number of nitrogens with two attached hydrogens (primary N) is 1. The van der Waals surface area contributed by atoms with Gasteiger partial charge in [-0.3, -0.25) is 14.7 Å². The number of fused-ring (bicyclic) bond motifs is 1. The van der Waals surface area contributed by atoms with Gasteiger partial charge >= 0.3 is 6.03 Å². The largest absolute Gasteiger partial charge is 0.341 e. The molecule has 1 aliphatic rings. The molecule has 28 heavy (non-hydrogen) atoms. The number of hydrogen-bond donors (Lipinski definition) is 2. The van der Waals surface area contributed by atoms with Crippen molar-refractivity contribution in [3.8, 4) is 17.3 Å². The molecule has 0 aliphatic heterocycles. The van der Waals surface area contributed by atoms with Crippen molar-refractivity contribution in [3.63, 3.8) is 0 Å². The second-order valence-electron chi connectivity index (χ2n) is 6.78. The van der Waals surface area contributed by atoms with Crippen molar-refractivity contribution in [3.05, 3.63) is 31.0 Å². The zero-order valence-corrected chi connectivity index (χ0v) is 16.0. The quantitative estimate of drug-likeness (QED) is 0.393. The van der Waals surface area contributed by atoms with Crippen LogP contribution in [0.25, 0.3) is 22.3 Å². The summed E-state index contributed by atoms with van der Waals surface area (Å²) in [6.45, 7) is 0. The minimum Gasteiger partial charge on any atom is -0.275 e. The van der Waals surface area contributed by atoms with E-state index in [1.807, 2.05) is 10.9 Å². The van der Waals surface area contributed by atoms with E-state index in [9.17, 15) is 10.1 Å². The van der Waals surface area contributed by atoms with E-state index < -0.39 is 6.03 Å². The molecular formula is C18H21ClN8O. The van der Waals surface area contributed by atoms with E-state index in [0.29, 0.717) is 23.7 Å². The molecule has 1 amide bonds. The van der Waals surface area contributed by atoms with Crippen molar-refractivity contribution in [2.45, 2.75) is 38.1 Å². The molecule has 0 radical (unpaired) electrons. The molecular weight excluding hydrogens is 380 g/mol. The molecule has 3 N–H and O–H groups in total. The number of hydrogen-bond acceptors (Lipinski definition) is 6. The van der Waals surface area contributed by atoms with E-state index in [2.05, 4.69) is 26.6 Å². The minimum atomic E-state index is -0.472. The molecule has 1 fully saturated rings. The van der Waals surface area contributed by atoms with Gasteiger partial charge in [0.1, 0.15) is 6.33 Å². The Hall–Kier alpha value is -2.96. The molecule has 1 saturated carbocycles. The Morgan fingerprint density at radius 1 is 1.39 bits per heavy atom. The monoisotopic (exact) mass is 400 g/mol. The highest BCUT2D eigenvalue weighted by molar-refractivity contribution is 5.96. The lowest BCUT2D eigenvalue weighted by molar-refractivity contribution is 0.243. The van der Waals surface area contributed by atoms with Gasteiger partial charge in [0.05, 0.1) is 30.4 Å². The molecule has 0 saturated heterocycles.